The van der Waals surface area contributed by atoms with E-state index in [9.17, 15) is 0 Å². The van der Waals surface area contributed by atoms with E-state index >= 15 is 0 Å². The molecule has 4 heteroatoms. The Hall–Kier alpha value is -0.480. The van der Waals surface area contributed by atoms with Gasteiger partial charge in [-0.2, -0.15) is 0 Å². The van der Waals surface area contributed by atoms with Gasteiger partial charge in [-0.25, -0.2) is 0 Å². The number of benzene rings is 1. The van der Waals surface area contributed by atoms with Gasteiger partial charge in [-0.3, -0.25) is 4.99 Å². The van der Waals surface area contributed by atoms with Crippen LogP contribution in [0.5, 0.6) is 0 Å². The Bertz CT molecular complexity index is 468. The molecule has 2 nitrogen and oxygen atoms in total. The van der Waals surface area contributed by atoms with Crippen molar-refractivity contribution < 1.29 is 0 Å². The lowest BCUT2D eigenvalue weighted by Gasteiger charge is -2.10. The maximum absolute atomic E-state index is 4.59. The highest BCUT2D eigenvalue weighted by atomic mass is 79.9. The van der Waals surface area contributed by atoms with E-state index in [1.165, 1.54) is 18.4 Å². The number of rotatable bonds is 2. The van der Waals surface area contributed by atoms with Gasteiger partial charge in [0, 0.05) is 9.72 Å². The first-order valence-electron chi connectivity index (χ1n) is 5.97. The molecule has 1 unspecified atom stereocenters. The molecular weight excluding hydrogens is 296 g/mol. The van der Waals surface area contributed by atoms with Crippen molar-refractivity contribution in [3.05, 3.63) is 28.2 Å². The van der Waals surface area contributed by atoms with E-state index in [2.05, 4.69) is 51.4 Å². The molecule has 90 valence electrons. The van der Waals surface area contributed by atoms with Crippen molar-refractivity contribution in [3.63, 3.8) is 0 Å². The van der Waals surface area contributed by atoms with E-state index in [0.717, 1.165) is 33.0 Å². The number of hydrogen-bond acceptors (Lipinski definition) is 3. The number of anilines is 1. The minimum absolute atomic E-state index is 0.723. The van der Waals surface area contributed by atoms with Crippen LogP contribution >= 0.6 is 27.7 Å². The Labute approximate surface area is 114 Å². The number of amidine groups is 1. The van der Waals surface area contributed by atoms with Gasteiger partial charge in [0.15, 0.2) is 5.17 Å². The zero-order chi connectivity index (χ0) is 11.8. The van der Waals surface area contributed by atoms with Crippen LogP contribution in [0.25, 0.3) is 0 Å². The summed E-state index contributed by atoms with van der Waals surface area (Å²) in [7, 11) is 0. The fourth-order valence-corrected chi connectivity index (χ4v) is 3.61. The van der Waals surface area contributed by atoms with E-state index in [4.69, 9.17) is 0 Å². The highest BCUT2D eigenvalue weighted by Crippen LogP contribution is 2.42. The van der Waals surface area contributed by atoms with E-state index in [1.807, 2.05) is 11.8 Å². The molecule has 1 aliphatic carbocycles. The fourth-order valence-electron chi connectivity index (χ4n) is 2.03. The van der Waals surface area contributed by atoms with Gasteiger partial charge >= 0.3 is 0 Å². The number of aryl methyl sites for hydroxylation is 1. The topological polar surface area (TPSA) is 24.4 Å². The first kappa shape index (κ1) is 11.6. The van der Waals surface area contributed by atoms with Crippen molar-refractivity contribution in [2.24, 2.45) is 10.9 Å². The second kappa shape index (κ2) is 4.65. The van der Waals surface area contributed by atoms with Gasteiger partial charge in [0.1, 0.15) is 0 Å². The average Bonchev–Trinajstić information content (AvgIpc) is 3.06. The Morgan fingerprint density at radius 3 is 3.00 bits per heavy atom. The minimum Gasteiger partial charge on any atom is -0.334 e. The monoisotopic (exact) mass is 310 g/mol. The quantitative estimate of drug-likeness (QED) is 0.891. The van der Waals surface area contributed by atoms with Crippen LogP contribution in [-0.4, -0.2) is 17.0 Å². The summed E-state index contributed by atoms with van der Waals surface area (Å²) < 4.78 is 1.14. The Kier molecular flexibility index (Phi) is 3.17. The maximum Gasteiger partial charge on any atom is 0.161 e. The summed E-state index contributed by atoms with van der Waals surface area (Å²) in [6.07, 6.45) is 2.79. The largest absolute Gasteiger partial charge is 0.334 e. The molecule has 1 saturated carbocycles. The number of aliphatic imine (C=N–C) groups is 1. The maximum atomic E-state index is 4.59. The van der Waals surface area contributed by atoms with Crippen LogP contribution in [0.3, 0.4) is 0 Å². The zero-order valence-corrected chi connectivity index (χ0v) is 12.1. The first-order valence-corrected chi connectivity index (χ1v) is 7.64. The molecule has 1 heterocycles. The molecule has 1 N–H and O–H groups in total. The number of nitrogens with zero attached hydrogens (tertiary/aromatic N) is 1. The third-order valence-corrected chi connectivity index (χ3v) is 5.60. The first-order chi connectivity index (χ1) is 8.24. The molecule has 1 aromatic carbocycles. The van der Waals surface area contributed by atoms with Crippen molar-refractivity contribution in [3.8, 4) is 0 Å². The Balaban J connectivity index is 1.69. The lowest BCUT2D eigenvalue weighted by Crippen LogP contribution is -2.09. The number of nitrogens with one attached hydrogen (secondary N) is 1. The lowest BCUT2D eigenvalue weighted by molar-refractivity contribution is 0.773. The SMILES string of the molecule is Cc1cccc(NC2=NCC(C3CC3)S2)c1Br. The van der Waals surface area contributed by atoms with Crippen molar-refractivity contribution in [2.75, 3.05) is 11.9 Å². The van der Waals surface area contributed by atoms with Gasteiger partial charge in [-0.05, 0) is 53.2 Å². The van der Waals surface area contributed by atoms with Crippen molar-refractivity contribution >= 4 is 38.5 Å². The predicted molar refractivity (Wildman–Crippen MR) is 78.9 cm³/mol. The molecular formula is C13H15BrN2S. The second-order valence-electron chi connectivity index (χ2n) is 4.70. The van der Waals surface area contributed by atoms with Crippen molar-refractivity contribution in [2.45, 2.75) is 25.0 Å². The molecule has 3 rings (SSSR count). The third kappa shape index (κ3) is 2.52. The molecule has 0 spiro atoms. The van der Waals surface area contributed by atoms with E-state index in [-0.39, 0.29) is 0 Å². The average molecular weight is 311 g/mol. The van der Waals surface area contributed by atoms with Crippen LogP contribution < -0.4 is 5.32 Å². The molecule has 0 amide bonds. The smallest absolute Gasteiger partial charge is 0.161 e. The standard InChI is InChI=1S/C13H15BrN2S/c1-8-3-2-4-10(12(8)14)16-13-15-7-11(17-13)9-5-6-9/h2-4,9,11H,5-7H2,1H3,(H,15,16). The van der Waals surface area contributed by atoms with Crippen LogP contribution in [0.4, 0.5) is 5.69 Å². The van der Waals surface area contributed by atoms with Gasteiger partial charge in [-0.1, -0.05) is 23.9 Å². The molecule has 1 aliphatic heterocycles. The molecule has 1 fully saturated rings. The number of halogens is 1. The lowest BCUT2D eigenvalue weighted by atomic mass is 10.2. The highest BCUT2D eigenvalue weighted by Gasteiger charge is 2.35. The molecule has 0 bridgehead atoms. The number of thioether (sulfide) groups is 1. The predicted octanol–water partition coefficient (Wildman–Crippen LogP) is 4.05. The molecule has 0 radical (unpaired) electrons. The van der Waals surface area contributed by atoms with Crippen LogP contribution in [-0.2, 0) is 0 Å². The third-order valence-electron chi connectivity index (χ3n) is 3.26. The van der Waals surface area contributed by atoms with E-state index in [0.29, 0.717) is 0 Å². The molecule has 0 saturated heterocycles. The highest BCUT2D eigenvalue weighted by molar-refractivity contribution is 9.10. The summed E-state index contributed by atoms with van der Waals surface area (Å²) in [5.41, 5.74) is 2.37. The van der Waals surface area contributed by atoms with Crippen LogP contribution in [0, 0.1) is 12.8 Å². The van der Waals surface area contributed by atoms with Crippen LogP contribution in [0.15, 0.2) is 27.7 Å². The number of hydrogen-bond donors (Lipinski definition) is 1. The molecule has 0 aromatic heterocycles. The van der Waals surface area contributed by atoms with Gasteiger partial charge in [0.05, 0.1) is 12.2 Å². The van der Waals surface area contributed by atoms with Crippen LogP contribution in [0.1, 0.15) is 18.4 Å². The minimum atomic E-state index is 0.723. The molecule has 1 aromatic rings. The van der Waals surface area contributed by atoms with Gasteiger partial charge < -0.3 is 5.32 Å². The normalized spacial score (nSPS) is 23.6. The second-order valence-corrected chi connectivity index (χ2v) is 6.72. The summed E-state index contributed by atoms with van der Waals surface area (Å²) >= 11 is 5.53. The fraction of sp³-hybridized carbons (Fsp3) is 0.462. The Morgan fingerprint density at radius 2 is 2.24 bits per heavy atom. The molecule has 1 atom stereocenters. The summed E-state index contributed by atoms with van der Waals surface area (Å²) in [5, 5.41) is 5.23. The van der Waals surface area contributed by atoms with Crippen molar-refractivity contribution in [1.82, 2.24) is 0 Å². The summed E-state index contributed by atoms with van der Waals surface area (Å²) in [5.74, 6) is 0.920. The zero-order valence-electron chi connectivity index (χ0n) is 9.74. The van der Waals surface area contributed by atoms with Gasteiger partial charge in [-0.15, -0.1) is 0 Å². The Morgan fingerprint density at radius 1 is 1.41 bits per heavy atom. The van der Waals surface area contributed by atoms with Crippen molar-refractivity contribution in [1.29, 1.82) is 0 Å². The van der Waals surface area contributed by atoms with Gasteiger partial charge in [0.25, 0.3) is 0 Å². The molecule has 17 heavy (non-hydrogen) atoms. The molecule has 2 aliphatic rings. The summed E-state index contributed by atoms with van der Waals surface area (Å²) in [4.78, 5) is 4.59. The van der Waals surface area contributed by atoms with Crippen LogP contribution in [0.2, 0.25) is 0 Å². The van der Waals surface area contributed by atoms with Gasteiger partial charge in [0.2, 0.25) is 0 Å². The van der Waals surface area contributed by atoms with E-state index in [1.54, 1.807) is 0 Å². The summed E-state index contributed by atoms with van der Waals surface area (Å²) in [6, 6.07) is 6.26. The van der Waals surface area contributed by atoms with E-state index < -0.39 is 0 Å². The summed E-state index contributed by atoms with van der Waals surface area (Å²) in [6.45, 7) is 3.09.